The molecule has 1 amide bonds. The van der Waals surface area contributed by atoms with Crippen molar-refractivity contribution in [3.05, 3.63) is 58.1 Å². The monoisotopic (exact) mass is 353 g/mol. The number of nitrogens with one attached hydrogen (secondary N) is 1. The summed E-state index contributed by atoms with van der Waals surface area (Å²) in [5.41, 5.74) is 0.758. The fraction of sp³-hybridized carbons (Fsp3) is 0.125. The molecule has 0 aliphatic heterocycles. The lowest BCUT2D eigenvalue weighted by atomic mass is 10.2. The van der Waals surface area contributed by atoms with Gasteiger partial charge in [0.1, 0.15) is 5.75 Å². The van der Waals surface area contributed by atoms with Crippen LogP contribution >= 0.6 is 23.2 Å². The zero-order valence-electron chi connectivity index (χ0n) is 12.1. The Bertz CT molecular complexity index is 734. The van der Waals surface area contributed by atoms with Crippen LogP contribution in [0.15, 0.2) is 42.5 Å². The van der Waals surface area contributed by atoms with Crippen LogP contribution in [0.5, 0.6) is 5.75 Å². The Morgan fingerprint density at radius 1 is 1.09 bits per heavy atom. The smallest absolute Gasteiger partial charge is 0.338 e. The van der Waals surface area contributed by atoms with Gasteiger partial charge in [-0.05, 0) is 36.4 Å². The quantitative estimate of drug-likeness (QED) is 0.830. The fourth-order valence-corrected chi connectivity index (χ4v) is 2.03. The number of amides is 1. The minimum absolute atomic E-state index is 0.298. The highest BCUT2D eigenvalue weighted by Crippen LogP contribution is 2.24. The molecule has 0 aliphatic carbocycles. The van der Waals surface area contributed by atoms with E-state index in [1.165, 1.54) is 19.2 Å². The molecule has 23 heavy (non-hydrogen) atoms. The maximum absolute atomic E-state index is 11.9. The highest BCUT2D eigenvalue weighted by Gasteiger charge is 2.11. The summed E-state index contributed by atoms with van der Waals surface area (Å²) in [5.74, 6) is -0.576. The maximum atomic E-state index is 11.9. The third-order valence-electron chi connectivity index (χ3n) is 2.84. The number of anilines is 1. The number of ether oxygens (including phenoxy) is 2. The second-order valence-electron chi connectivity index (χ2n) is 4.49. The Hall–Kier alpha value is -2.24. The normalized spacial score (nSPS) is 10.0. The minimum Gasteiger partial charge on any atom is -0.497 e. The Kier molecular flexibility index (Phi) is 5.84. The number of halogens is 2. The van der Waals surface area contributed by atoms with Crippen molar-refractivity contribution < 1.29 is 19.1 Å². The fourth-order valence-electron chi connectivity index (χ4n) is 1.74. The van der Waals surface area contributed by atoms with Crippen LogP contribution < -0.4 is 10.1 Å². The average molecular weight is 354 g/mol. The topological polar surface area (TPSA) is 64.6 Å². The van der Waals surface area contributed by atoms with Gasteiger partial charge in [-0.25, -0.2) is 4.79 Å². The van der Waals surface area contributed by atoms with Crippen LogP contribution in [-0.2, 0) is 9.53 Å². The minimum atomic E-state index is -0.617. The van der Waals surface area contributed by atoms with E-state index in [1.54, 1.807) is 30.3 Å². The lowest BCUT2D eigenvalue weighted by Crippen LogP contribution is -2.20. The Morgan fingerprint density at radius 3 is 2.57 bits per heavy atom. The van der Waals surface area contributed by atoms with Gasteiger partial charge in [0.05, 0.1) is 22.7 Å². The van der Waals surface area contributed by atoms with E-state index in [2.05, 4.69) is 5.32 Å². The molecule has 1 N–H and O–H groups in total. The Labute approximate surface area is 143 Å². The highest BCUT2D eigenvalue weighted by atomic mass is 35.5. The van der Waals surface area contributed by atoms with E-state index in [1.807, 2.05) is 0 Å². The lowest BCUT2D eigenvalue weighted by Gasteiger charge is -2.08. The number of hydrogen-bond donors (Lipinski definition) is 1. The van der Waals surface area contributed by atoms with E-state index in [-0.39, 0.29) is 0 Å². The van der Waals surface area contributed by atoms with Crippen molar-refractivity contribution >= 4 is 40.8 Å². The van der Waals surface area contributed by atoms with Crippen molar-refractivity contribution in [1.29, 1.82) is 0 Å². The second kappa shape index (κ2) is 7.85. The van der Waals surface area contributed by atoms with Crippen LogP contribution in [0.25, 0.3) is 0 Å². The van der Waals surface area contributed by atoms with Gasteiger partial charge in [-0.15, -0.1) is 0 Å². The third kappa shape index (κ3) is 4.87. The Balaban J connectivity index is 1.90. The van der Waals surface area contributed by atoms with Gasteiger partial charge in [-0.2, -0.15) is 0 Å². The first-order chi connectivity index (χ1) is 11.0. The summed E-state index contributed by atoms with van der Waals surface area (Å²) in [6.07, 6.45) is 0. The van der Waals surface area contributed by atoms with Crippen LogP contribution in [-0.4, -0.2) is 25.6 Å². The summed E-state index contributed by atoms with van der Waals surface area (Å²) in [6.45, 7) is -0.420. The van der Waals surface area contributed by atoms with Crippen LogP contribution in [0.1, 0.15) is 10.4 Å². The van der Waals surface area contributed by atoms with Crippen molar-refractivity contribution in [2.75, 3.05) is 19.0 Å². The molecule has 0 atom stereocenters. The maximum Gasteiger partial charge on any atom is 0.338 e. The number of carbonyl (C=O) groups excluding carboxylic acids is 2. The summed E-state index contributed by atoms with van der Waals surface area (Å²) in [5, 5.41) is 3.26. The van der Waals surface area contributed by atoms with Crippen molar-refractivity contribution in [3.63, 3.8) is 0 Å². The van der Waals surface area contributed by atoms with Crippen molar-refractivity contribution in [2.45, 2.75) is 0 Å². The van der Waals surface area contributed by atoms with Crippen molar-refractivity contribution in [2.24, 2.45) is 0 Å². The molecule has 5 nitrogen and oxygen atoms in total. The number of esters is 1. The first-order valence-electron chi connectivity index (χ1n) is 6.55. The van der Waals surface area contributed by atoms with E-state index in [4.69, 9.17) is 32.7 Å². The van der Waals surface area contributed by atoms with Crippen LogP contribution in [0.4, 0.5) is 5.69 Å². The molecule has 0 fully saturated rings. The summed E-state index contributed by atoms with van der Waals surface area (Å²) < 4.78 is 9.97. The SMILES string of the molecule is COc1cccc(C(=O)OCC(=O)Nc2ccc(Cl)c(Cl)c2)c1. The van der Waals surface area contributed by atoms with Gasteiger partial charge in [0.15, 0.2) is 6.61 Å². The van der Waals surface area contributed by atoms with Gasteiger partial charge in [0, 0.05) is 5.69 Å². The van der Waals surface area contributed by atoms with Gasteiger partial charge in [0.25, 0.3) is 5.91 Å². The van der Waals surface area contributed by atoms with Crippen molar-refractivity contribution in [1.82, 2.24) is 0 Å². The third-order valence-corrected chi connectivity index (χ3v) is 3.58. The molecule has 0 aromatic heterocycles. The molecule has 120 valence electrons. The molecular formula is C16H13Cl2NO4. The molecule has 0 aliphatic rings. The molecule has 2 aromatic rings. The van der Waals surface area contributed by atoms with Gasteiger partial charge in [-0.1, -0.05) is 29.3 Å². The van der Waals surface area contributed by atoms with Gasteiger partial charge < -0.3 is 14.8 Å². The predicted molar refractivity (Wildman–Crippen MR) is 88.4 cm³/mol. The molecule has 0 saturated carbocycles. The van der Waals surface area contributed by atoms with E-state index >= 15 is 0 Å². The molecule has 0 bridgehead atoms. The van der Waals surface area contributed by atoms with Crippen LogP contribution in [0.2, 0.25) is 10.0 Å². The van der Waals surface area contributed by atoms with Crippen molar-refractivity contribution in [3.8, 4) is 5.75 Å². The summed E-state index contributed by atoms with van der Waals surface area (Å²) in [4.78, 5) is 23.7. The molecule has 2 rings (SSSR count). The predicted octanol–water partition coefficient (Wildman–Crippen LogP) is 3.80. The molecular weight excluding hydrogens is 341 g/mol. The van der Waals surface area contributed by atoms with E-state index < -0.39 is 18.5 Å². The van der Waals surface area contributed by atoms with Crippen LogP contribution in [0.3, 0.4) is 0 Å². The molecule has 0 unspecified atom stereocenters. The Morgan fingerprint density at radius 2 is 1.87 bits per heavy atom. The zero-order chi connectivity index (χ0) is 16.8. The average Bonchev–Trinajstić information content (AvgIpc) is 2.56. The van der Waals surface area contributed by atoms with Gasteiger partial charge in [-0.3, -0.25) is 4.79 Å². The molecule has 0 saturated heterocycles. The highest BCUT2D eigenvalue weighted by molar-refractivity contribution is 6.42. The molecule has 0 radical (unpaired) electrons. The number of rotatable bonds is 5. The summed E-state index contributed by atoms with van der Waals surface area (Å²) in [6, 6.07) is 11.1. The second-order valence-corrected chi connectivity index (χ2v) is 5.30. The van der Waals surface area contributed by atoms with Crippen LogP contribution in [0, 0.1) is 0 Å². The first kappa shape index (κ1) is 17.1. The van der Waals surface area contributed by atoms with E-state index in [0.717, 1.165) is 0 Å². The number of methoxy groups -OCH3 is 1. The number of carbonyl (C=O) groups is 2. The van der Waals surface area contributed by atoms with E-state index in [0.29, 0.717) is 27.0 Å². The molecule has 0 spiro atoms. The number of hydrogen-bond acceptors (Lipinski definition) is 4. The van der Waals surface area contributed by atoms with Gasteiger partial charge in [0.2, 0.25) is 0 Å². The largest absolute Gasteiger partial charge is 0.497 e. The molecule has 0 heterocycles. The summed E-state index contributed by atoms with van der Waals surface area (Å²) in [7, 11) is 1.50. The standard InChI is InChI=1S/C16H13Cl2NO4/c1-22-12-4-2-3-10(7-12)16(21)23-9-15(20)19-11-5-6-13(17)14(18)8-11/h2-8H,9H2,1H3,(H,19,20). The summed E-state index contributed by atoms with van der Waals surface area (Å²) >= 11 is 11.6. The lowest BCUT2D eigenvalue weighted by molar-refractivity contribution is -0.119. The molecule has 2 aromatic carbocycles. The van der Waals surface area contributed by atoms with E-state index in [9.17, 15) is 9.59 Å². The van der Waals surface area contributed by atoms with Gasteiger partial charge >= 0.3 is 5.97 Å². The number of benzene rings is 2. The zero-order valence-corrected chi connectivity index (χ0v) is 13.6. The first-order valence-corrected chi connectivity index (χ1v) is 7.31. The molecule has 7 heteroatoms.